The van der Waals surface area contributed by atoms with Crippen molar-refractivity contribution in [3.05, 3.63) is 27.5 Å². The number of halogens is 6. The van der Waals surface area contributed by atoms with Gasteiger partial charge in [0.15, 0.2) is 0 Å². The van der Waals surface area contributed by atoms with E-state index in [2.05, 4.69) is 20.9 Å². The van der Waals surface area contributed by atoms with Gasteiger partial charge in [0.1, 0.15) is 5.15 Å². The van der Waals surface area contributed by atoms with Gasteiger partial charge in [-0.3, -0.25) is 4.79 Å². The third-order valence-electron chi connectivity index (χ3n) is 1.85. The van der Waals surface area contributed by atoms with Crippen molar-refractivity contribution in [1.82, 2.24) is 10.3 Å². The third kappa shape index (κ3) is 3.81. The van der Waals surface area contributed by atoms with E-state index in [1.165, 1.54) is 12.3 Å². The molecule has 0 saturated heterocycles. The van der Waals surface area contributed by atoms with E-state index < -0.39 is 24.8 Å². The Morgan fingerprint density at radius 1 is 1.56 bits per heavy atom. The zero-order valence-corrected chi connectivity index (χ0v) is 10.9. The summed E-state index contributed by atoms with van der Waals surface area (Å²) < 4.78 is 49.3. The second-order valence-electron chi connectivity index (χ2n) is 3.24. The van der Waals surface area contributed by atoms with Crippen LogP contribution in [0.25, 0.3) is 0 Å². The van der Waals surface area contributed by atoms with Crippen molar-refractivity contribution in [1.29, 1.82) is 0 Å². The van der Waals surface area contributed by atoms with Crippen LogP contribution in [-0.2, 0) is 0 Å². The maximum absolute atomic E-state index is 12.6. The van der Waals surface area contributed by atoms with Gasteiger partial charge in [0.2, 0.25) is 0 Å². The van der Waals surface area contributed by atoms with Crippen molar-refractivity contribution in [3.63, 3.8) is 0 Å². The number of carbonyl (C=O) groups excluding carboxylic acids is 1. The van der Waals surface area contributed by atoms with Crippen LogP contribution in [0.3, 0.4) is 0 Å². The number of amides is 1. The van der Waals surface area contributed by atoms with Gasteiger partial charge in [-0.25, -0.2) is 13.8 Å². The zero-order valence-electron chi connectivity index (χ0n) is 8.56. The lowest BCUT2D eigenvalue weighted by Gasteiger charge is -2.15. The Morgan fingerprint density at radius 3 is 2.72 bits per heavy atom. The molecular formula is C9H6BrClF4N2O. The predicted molar refractivity (Wildman–Crippen MR) is 60.2 cm³/mol. The number of nitrogens with zero attached hydrogens (tertiary/aromatic N) is 1. The molecule has 3 nitrogen and oxygen atoms in total. The van der Waals surface area contributed by atoms with Crippen LogP contribution in [0.4, 0.5) is 17.6 Å². The third-order valence-corrected chi connectivity index (χ3v) is 2.59. The lowest BCUT2D eigenvalue weighted by atomic mass is 10.2. The number of hydrogen-bond acceptors (Lipinski definition) is 2. The van der Waals surface area contributed by atoms with Crippen LogP contribution >= 0.6 is 27.5 Å². The Morgan fingerprint density at radius 2 is 2.17 bits per heavy atom. The lowest BCUT2D eigenvalue weighted by Crippen LogP contribution is -2.41. The number of alkyl halides is 4. The molecule has 9 heteroatoms. The molecule has 0 aliphatic carbocycles. The van der Waals surface area contributed by atoms with Crippen molar-refractivity contribution in [2.24, 2.45) is 0 Å². The highest BCUT2D eigenvalue weighted by molar-refractivity contribution is 9.10. The van der Waals surface area contributed by atoms with Crippen LogP contribution in [-0.4, -0.2) is 29.8 Å². The van der Waals surface area contributed by atoms with E-state index in [9.17, 15) is 22.4 Å². The molecule has 100 valence electrons. The standard InChI is InChI=1S/C9H6BrClF4N2O/c10-4-1-5(6(11)16-2-4)7(18)17-3-9(14,15)8(12)13/h1-2,8H,3H2,(H,17,18). The summed E-state index contributed by atoms with van der Waals surface area (Å²) in [6.07, 6.45) is -2.55. The molecule has 0 saturated carbocycles. The highest BCUT2D eigenvalue weighted by Gasteiger charge is 2.40. The fourth-order valence-corrected chi connectivity index (χ4v) is 1.47. The van der Waals surface area contributed by atoms with E-state index in [1.54, 1.807) is 5.32 Å². The average molecular weight is 350 g/mol. The van der Waals surface area contributed by atoms with Crippen LogP contribution in [0.5, 0.6) is 0 Å². The number of rotatable bonds is 4. The van der Waals surface area contributed by atoms with Crippen molar-refractivity contribution >= 4 is 33.4 Å². The summed E-state index contributed by atoms with van der Waals surface area (Å²) in [5.41, 5.74) is -0.184. The van der Waals surface area contributed by atoms with Crippen LogP contribution in [0.2, 0.25) is 5.15 Å². The first-order valence-electron chi connectivity index (χ1n) is 4.49. The van der Waals surface area contributed by atoms with Gasteiger partial charge in [-0.15, -0.1) is 0 Å². The molecule has 0 fully saturated rings. The number of pyridine rings is 1. The van der Waals surface area contributed by atoms with Gasteiger partial charge in [0, 0.05) is 10.7 Å². The molecule has 0 aromatic carbocycles. The molecule has 18 heavy (non-hydrogen) atoms. The second kappa shape index (κ2) is 5.83. The first kappa shape index (κ1) is 15.2. The summed E-state index contributed by atoms with van der Waals surface area (Å²) in [6.45, 7) is -1.48. The molecule has 1 aromatic rings. The summed E-state index contributed by atoms with van der Waals surface area (Å²) in [5, 5.41) is 1.46. The van der Waals surface area contributed by atoms with Crippen LogP contribution in [0.15, 0.2) is 16.7 Å². The normalized spacial score (nSPS) is 11.7. The SMILES string of the molecule is O=C(NCC(F)(F)C(F)F)c1cc(Br)cnc1Cl. The maximum atomic E-state index is 12.6. The van der Waals surface area contributed by atoms with E-state index in [1.807, 2.05) is 0 Å². The molecule has 1 N–H and O–H groups in total. The topological polar surface area (TPSA) is 42.0 Å². The lowest BCUT2D eigenvalue weighted by molar-refractivity contribution is -0.123. The summed E-state index contributed by atoms with van der Waals surface area (Å²) >= 11 is 8.58. The minimum Gasteiger partial charge on any atom is -0.346 e. The summed E-state index contributed by atoms with van der Waals surface area (Å²) in [4.78, 5) is 15.1. The van der Waals surface area contributed by atoms with Crippen molar-refractivity contribution < 1.29 is 22.4 Å². The molecule has 1 rings (SSSR count). The van der Waals surface area contributed by atoms with Crippen molar-refractivity contribution in [2.75, 3.05) is 6.54 Å². The molecule has 0 aliphatic heterocycles. The molecule has 0 atom stereocenters. The van der Waals surface area contributed by atoms with Crippen LogP contribution in [0.1, 0.15) is 10.4 Å². The van der Waals surface area contributed by atoms with Gasteiger partial charge in [0.25, 0.3) is 5.91 Å². The molecule has 0 spiro atoms. The monoisotopic (exact) mass is 348 g/mol. The Labute approximate surface area is 113 Å². The van der Waals surface area contributed by atoms with Crippen LogP contribution in [0, 0.1) is 0 Å². The Kier molecular flexibility index (Phi) is 4.92. The fourth-order valence-electron chi connectivity index (χ4n) is 0.952. The first-order chi connectivity index (χ1) is 8.24. The zero-order chi connectivity index (χ0) is 13.9. The molecule has 0 radical (unpaired) electrons. The molecule has 1 amide bonds. The van der Waals surface area contributed by atoms with Gasteiger partial charge >= 0.3 is 12.3 Å². The predicted octanol–water partition coefficient (Wildman–Crippen LogP) is 3.13. The molecular weight excluding hydrogens is 343 g/mol. The second-order valence-corrected chi connectivity index (χ2v) is 4.51. The largest absolute Gasteiger partial charge is 0.346 e. The molecule has 0 aliphatic rings. The highest BCUT2D eigenvalue weighted by Crippen LogP contribution is 2.22. The fraction of sp³-hybridized carbons (Fsp3) is 0.333. The Hall–Kier alpha value is -0.890. The molecule has 0 bridgehead atoms. The van der Waals surface area contributed by atoms with E-state index in [-0.39, 0.29) is 10.7 Å². The van der Waals surface area contributed by atoms with Gasteiger partial charge in [-0.1, -0.05) is 11.6 Å². The quantitative estimate of drug-likeness (QED) is 0.670. The smallest absolute Gasteiger partial charge is 0.324 e. The first-order valence-corrected chi connectivity index (χ1v) is 5.66. The number of carbonyl (C=O) groups is 1. The molecule has 1 heterocycles. The summed E-state index contributed by atoms with van der Waals surface area (Å²) in [6, 6.07) is 1.24. The summed E-state index contributed by atoms with van der Waals surface area (Å²) in [7, 11) is 0. The highest BCUT2D eigenvalue weighted by atomic mass is 79.9. The van der Waals surface area contributed by atoms with E-state index in [0.717, 1.165) is 0 Å². The number of nitrogens with one attached hydrogen (secondary N) is 1. The maximum Gasteiger partial charge on any atom is 0.324 e. The van der Waals surface area contributed by atoms with E-state index >= 15 is 0 Å². The Balaban J connectivity index is 2.75. The van der Waals surface area contributed by atoms with E-state index in [0.29, 0.717) is 4.47 Å². The van der Waals surface area contributed by atoms with Gasteiger partial charge in [-0.05, 0) is 22.0 Å². The molecule has 0 unspecified atom stereocenters. The number of aromatic nitrogens is 1. The van der Waals surface area contributed by atoms with E-state index in [4.69, 9.17) is 11.6 Å². The van der Waals surface area contributed by atoms with Gasteiger partial charge in [-0.2, -0.15) is 8.78 Å². The molecule has 1 aromatic heterocycles. The van der Waals surface area contributed by atoms with Crippen molar-refractivity contribution in [3.8, 4) is 0 Å². The van der Waals surface area contributed by atoms with Gasteiger partial charge in [0.05, 0.1) is 12.1 Å². The van der Waals surface area contributed by atoms with Crippen molar-refractivity contribution in [2.45, 2.75) is 12.3 Å². The van der Waals surface area contributed by atoms with Crippen LogP contribution < -0.4 is 5.32 Å². The minimum absolute atomic E-state index is 0.184. The minimum atomic E-state index is -4.29. The average Bonchev–Trinajstić information content (AvgIpc) is 2.29. The summed E-state index contributed by atoms with van der Waals surface area (Å²) in [5.74, 6) is -5.30. The number of hydrogen-bond donors (Lipinski definition) is 1. The Bertz CT molecular complexity index is 458. The van der Waals surface area contributed by atoms with Gasteiger partial charge < -0.3 is 5.32 Å².